The van der Waals surface area contributed by atoms with Crippen LogP contribution in [0.25, 0.3) is 82.3 Å². The van der Waals surface area contributed by atoms with Crippen LogP contribution in [0.2, 0.25) is 0 Å². The first-order valence-corrected chi connectivity index (χ1v) is 18.7. The van der Waals surface area contributed by atoms with Gasteiger partial charge in [0.1, 0.15) is 22.4 Å². The summed E-state index contributed by atoms with van der Waals surface area (Å²) in [4.78, 5) is 5.33. The van der Waals surface area contributed by atoms with E-state index in [0.717, 1.165) is 72.5 Å². The van der Waals surface area contributed by atoms with Crippen molar-refractivity contribution in [3.8, 4) is 16.8 Å². The molecule has 1 aliphatic rings. The second-order valence-corrected chi connectivity index (χ2v) is 14.4. The van der Waals surface area contributed by atoms with Gasteiger partial charge in [-0.25, -0.2) is 0 Å². The number of aromatic nitrogens is 1. The molecule has 0 aliphatic carbocycles. The van der Waals surface area contributed by atoms with Crippen LogP contribution in [-0.4, -0.2) is 10.4 Å². The number of furan rings is 2. The SMILES string of the molecule is c1ccc(-c2ccc(C3[NH2+]C(c4ccc5oc6cccc(-n7c8ccccc8c8c9ccccc9ccc87)c6c5c4)=Nc4c3oc3ccccc43)cc2)cc1. The molecule has 1 atom stereocenters. The van der Waals surface area contributed by atoms with E-state index in [1.165, 1.54) is 38.2 Å². The molecule has 0 bridgehead atoms. The van der Waals surface area contributed by atoms with Crippen molar-refractivity contribution in [3.63, 3.8) is 0 Å². The van der Waals surface area contributed by atoms with Gasteiger partial charge >= 0.3 is 0 Å². The Hall–Kier alpha value is -7.21. The molecule has 2 N–H and O–H groups in total. The van der Waals surface area contributed by atoms with Crippen molar-refractivity contribution in [1.82, 2.24) is 4.57 Å². The van der Waals surface area contributed by atoms with Gasteiger partial charge in [0.15, 0.2) is 11.8 Å². The van der Waals surface area contributed by atoms with E-state index < -0.39 is 0 Å². The highest BCUT2D eigenvalue weighted by atomic mass is 16.3. The predicted molar refractivity (Wildman–Crippen MR) is 224 cm³/mol. The lowest BCUT2D eigenvalue weighted by Crippen LogP contribution is -2.90. The standard InChI is InChI=1S/C50H31N3O2/c1-2-11-30(12-3-1)31-21-23-33(24-22-31)47-49-48(37-16-7-9-19-42(37)55-49)52-50(51-47)34-26-28-43-38(29-34)46-40(18-10-20-44(46)54-43)53-39-17-8-6-15-36(39)45-35-14-5-4-13-32(35)25-27-41(45)53/h1-29,47H,(H,51,52)/p+1. The molecule has 5 heteroatoms. The van der Waals surface area contributed by atoms with Gasteiger partial charge in [0.05, 0.1) is 27.7 Å². The Morgan fingerprint density at radius 1 is 0.473 bits per heavy atom. The van der Waals surface area contributed by atoms with Crippen LogP contribution in [0.1, 0.15) is 22.9 Å². The van der Waals surface area contributed by atoms with Gasteiger partial charge in [0, 0.05) is 27.1 Å². The summed E-state index contributed by atoms with van der Waals surface area (Å²) in [6, 6.07) is 62.2. The van der Waals surface area contributed by atoms with Gasteiger partial charge < -0.3 is 13.4 Å². The fourth-order valence-electron chi connectivity index (χ4n) is 8.84. The Balaban J connectivity index is 1.04. The third-order valence-electron chi connectivity index (χ3n) is 11.4. The number of nitrogens with zero attached hydrogens (tertiary/aromatic N) is 2. The second-order valence-electron chi connectivity index (χ2n) is 14.4. The highest BCUT2D eigenvalue weighted by molar-refractivity contribution is 6.22. The van der Waals surface area contributed by atoms with Crippen molar-refractivity contribution in [2.45, 2.75) is 6.04 Å². The summed E-state index contributed by atoms with van der Waals surface area (Å²) in [5, 5.41) is 10.4. The fraction of sp³-hybridized carbons (Fsp3) is 0.0200. The Kier molecular flexibility index (Phi) is 6.41. The highest BCUT2D eigenvalue weighted by Crippen LogP contribution is 2.43. The summed E-state index contributed by atoms with van der Waals surface area (Å²) < 4.78 is 15.6. The summed E-state index contributed by atoms with van der Waals surface area (Å²) in [6.07, 6.45) is 0. The zero-order valence-corrected chi connectivity index (χ0v) is 29.6. The maximum atomic E-state index is 6.59. The smallest absolute Gasteiger partial charge is 0.233 e. The normalized spacial score (nSPS) is 14.4. The van der Waals surface area contributed by atoms with Crippen molar-refractivity contribution >= 4 is 77.0 Å². The highest BCUT2D eigenvalue weighted by Gasteiger charge is 2.34. The number of benzene rings is 8. The number of quaternary nitrogens is 1. The van der Waals surface area contributed by atoms with E-state index in [2.05, 4.69) is 174 Å². The van der Waals surface area contributed by atoms with E-state index in [4.69, 9.17) is 13.8 Å². The van der Waals surface area contributed by atoms with Gasteiger partial charge in [-0.05, 0) is 76.5 Å². The van der Waals surface area contributed by atoms with Crippen molar-refractivity contribution in [2.75, 3.05) is 0 Å². The average molecular weight is 707 g/mol. The van der Waals surface area contributed by atoms with Gasteiger partial charge in [0.2, 0.25) is 5.84 Å². The molecule has 4 heterocycles. The first-order chi connectivity index (χ1) is 27.3. The Labute approximate surface area is 315 Å². The Bertz CT molecular complexity index is 3350. The molecule has 1 unspecified atom stereocenters. The van der Waals surface area contributed by atoms with Gasteiger partial charge in [0.25, 0.3) is 0 Å². The zero-order valence-electron chi connectivity index (χ0n) is 29.6. The summed E-state index contributed by atoms with van der Waals surface area (Å²) >= 11 is 0. The molecule has 0 fully saturated rings. The van der Waals surface area contributed by atoms with E-state index in [-0.39, 0.29) is 6.04 Å². The molecule has 0 amide bonds. The predicted octanol–water partition coefficient (Wildman–Crippen LogP) is 12.0. The Morgan fingerprint density at radius 2 is 1.18 bits per heavy atom. The van der Waals surface area contributed by atoms with Crippen molar-refractivity contribution in [2.24, 2.45) is 4.99 Å². The lowest BCUT2D eigenvalue weighted by Gasteiger charge is -2.20. The zero-order chi connectivity index (χ0) is 36.0. The molecule has 0 spiro atoms. The van der Waals surface area contributed by atoms with E-state index in [0.29, 0.717) is 0 Å². The molecular formula is C50H32N3O2+. The molecule has 11 aromatic rings. The van der Waals surface area contributed by atoms with Crippen LogP contribution in [-0.2, 0) is 0 Å². The molecule has 0 radical (unpaired) electrons. The molecule has 0 saturated heterocycles. The molecule has 5 nitrogen and oxygen atoms in total. The lowest BCUT2D eigenvalue weighted by molar-refractivity contribution is -0.580. The topological polar surface area (TPSA) is 60.2 Å². The molecule has 0 saturated carbocycles. The summed E-state index contributed by atoms with van der Waals surface area (Å²) in [6.45, 7) is 0. The number of amidine groups is 1. The van der Waals surface area contributed by atoms with Crippen LogP contribution in [0.4, 0.5) is 5.69 Å². The number of fused-ring (bicyclic) bond motifs is 11. The minimum Gasteiger partial charge on any atom is -0.456 e. The first-order valence-electron chi connectivity index (χ1n) is 18.7. The number of rotatable bonds is 4. The number of nitrogens with two attached hydrogens (primary N) is 1. The summed E-state index contributed by atoms with van der Waals surface area (Å²) in [5.41, 5.74) is 11.4. The minimum absolute atomic E-state index is 0.112. The van der Waals surface area contributed by atoms with Crippen LogP contribution in [0.5, 0.6) is 0 Å². The van der Waals surface area contributed by atoms with Crippen LogP contribution in [0.3, 0.4) is 0 Å². The maximum Gasteiger partial charge on any atom is 0.233 e. The van der Waals surface area contributed by atoms with Gasteiger partial charge in [-0.15, -0.1) is 0 Å². The minimum atomic E-state index is -0.112. The van der Waals surface area contributed by atoms with E-state index >= 15 is 0 Å². The largest absolute Gasteiger partial charge is 0.456 e. The average Bonchev–Trinajstić information content (AvgIpc) is 3.93. The van der Waals surface area contributed by atoms with Crippen molar-refractivity contribution in [1.29, 1.82) is 0 Å². The van der Waals surface area contributed by atoms with Gasteiger partial charge in [-0.2, -0.15) is 4.99 Å². The summed E-state index contributed by atoms with van der Waals surface area (Å²) in [5.74, 6) is 1.78. The monoisotopic (exact) mass is 706 g/mol. The molecule has 12 rings (SSSR count). The third-order valence-corrected chi connectivity index (χ3v) is 11.4. The Morgan fingerprint density at radius 3 is 2.07 bits per heavy atom. The number of hydrogen-bond acceptors (Lipinski definition) is 3. The molecule has 8 aromatic carbocycles. The van der Waals surface area contributed by atoms with Gasteiger partial charge in [-0.3, -0.25) is 5.32 Å². The molecule has 1 aliphatic heterocycles. The quantitative estimate of drug-likeness (QED) is 0.198. The van der Waals surface area contributed by atoms with E-state index in [1.54, 1.807) is 0 Å². The first kappa shape index (κ1) is 30.3. The molecular weight excluding hydrogens is 675 g/mol. The van der Waals surface area contributed by atoms with Crippen LogP contribution >= 0.6 is 0 Å². The number of para-hydroxylation sites is 2. The van der Waals surface area contributed by atoms with Crippen molar-refractivity contribution < 1.29 is 14.2 Å². The molecule has 3 aromatic heterocycles. The van der Waals surface area contributed by atoms with E-state index in [1.807, 2.05) is 12.1 Å². The van der Waals surface area contributed by atoms with Crippen LogP contribution in [0.15, 0.2) is 190 Å². The maximum absolute atomic E-state index is 6.59. The third kappa shape index (κ3) is 4.54. The fourth-order valence-corrected chi connectivity index (χ4v) is 8.84. The second kappa shape index (κ2) is 11.6. The van der Waals surface area contributed by atoms with Crippen LogP contribution in [0, 0.1) is 0 Å². The molecule has 258 valence electrons. The van der Waals surface area contributed by atoms with Crippen molar-refractivity contribution in [3.05, 3.63) is 193 Å². The lowest BCUT2D eigenvalue weighted by atomic mass is 9.97. The molecule has 55 heavy (non-hydrogen) atoms. The van der Waals surface area contributed by atoms with Gasteiger partial charge in [-0.1, -0.05) is 121 Å². The summed E-state index contributed by atoms with van der Waals surface area (Å²) in [7, 11) is 0. The van der Waals surface area contributed by atoms with E-state index in [9.17, 15) is 0 Å². The van der Waals surface area contributed by atoms with Crippen LogP contribution < -0.4 is 5.32 Å². The number of hydrogen-bond donors (Lipinski definition) is 1. The number of aliphatic imine (C=N–C) groups is 1.